The van der Waals surface area contributed by atoms with Gasteiger partial charge in [-0.2, -0.15) is 0 Å². The number of carbonyl (C=O) groups excluding carboxylic acids is 3. The molecule has 0 aliphatic heterocycles. The molecule has 1 amide bonds. The van der Waals surface area contributed by atoms with Crippen molar-refractivity contribution in [2.24, 2.45) is 5.92 Å². The maximum Gasteiger partial charge on any atom is 0.217 e. The lowest BCUT2D eigenvalue weighted by molar-refractivity contribution is -0.132. The Morgan fingerprint density at radius 2 is 1.58 bits per heavy atom. The van der Waals surface area contributed by atoms with E-state index in [9.17, 15) is 14.4 Å². The second-order valence-corrected chi connectivity index (χ2v) is 4.81. The molecule has 0 radical (unpaired) electrons. The summed E-state index contributed by atoms with van der Waals surface area (Å²) in [5, 5.41) is 3.05. The molecule has 4 nitrogen and oxygen atoms in total. The SMILES string of the molecule is CC(=O)NC(c1ccccc1Cl)C(C(C)=O)C(C)=O. The van der Waals surface area contributed by atoms with Crippen LogP contribution in [-0.2, 0) is 14.4 Å². The van der Waals surface area contributed by atoms with E-state index in [-0.39, 0.29) is 17.5 Å². The molecule has 1 unspecified atom stereocenters. The Morgan fingerprint density at radius 3 is 2.00 bits per heavy atom. The van der Waals surface area contributed by atoms with Crippen LogP contribution in [-0.4, -0.2) is 17.5 Å². The average molecular weight is 282 g/mol. The van der Waals surface area contributed by atoms with Crippen LogP contribution in [0.3, 0.4) is 0 Å². The van der Waals surface area contributed by atoms with E-state index >= 15 is 0 Å². The number of rotatable bonds is 5. The second-order valence-electron chi connectivity index (χ2n) is 4.40. The first-order chi connectivity index (χ1) is 8.84. The summed E-state index contributed by atoms with van der Waals surface area (Å²) in [5.74, 6) is -1.85. The van der Waals surface area contributed by atoms with E-state index in [0.29, 0.717) is 10.6 Å². The normalized spacial score (nSPS) is 12.1. The van der Waals surface area contributed by atoms with Gasteiger partial charge in [-0.3, -0.25) is 14.4 Å². The number of ketones is 2. The quantitative estimate of drug-likeness (QED) is 0.843. The molecular weight excluding hydrogens is 266 g/mol. The van der Waals surface area contributed by atoms with E-state index in [2.05, 4.69) is 5.32 Å². The van der Waals surface area contributed by atoms with Gasteiger partial charge in [0.15, 0.2) is 0 Å². The van der Waals surface area contributed by atoms with E-state index < -0.39 is 12.0 Å². The third-order valence-electron chi connectivity index (χ3n) is 2.81. The molecule has 0 aromatic heterocycles. The van der Waals surface area contributed by atoms with Crippen LogP contribution in [0.1, 0.15) is 32.4 Å². The number of carbonyl (C=O) groups is 3. The van der Waals surface area contributed by atoms with Crippen molar-refractivity contribution in [3.05, 3.63) is 34.9 Å². The summed E-state index contributed by atoms with van der Waals surface area (Å²) in [6, 6.07) is 6.10. The number of nitrogens with one attached hydrogen (secondary N) is 1. The highest BCUT2D eigenvalue weighted by Gasteiger charge is 2.32. The maximum atomic E-state index is 11.7. The van der Waals surface area contributed by atoms with Crippen LogP contribution in [0.5, 0.6) is 0 Å². The van der Waals surface area contributed by atoms with E-state index in [1.54, 1.807) is 24.3 Å². The fourth-order valence-electron chi connectivity index (χ4n) is 2.04. The van der Waals surface area contributed by atoms with Gasteiger partial charge in [0.25, 0.3) is 0 Å². The van der Waals surface area contributed by atoms with Crippen molar-refractivity contribution in [1.29, 1.82) is 0 Å². The fraction of sp³-hybridized carbons (Fsp3) is 0.357. The van der Waals surface area contributed by atoms with Crippen LogP contribution in [0.4, 0.5) is 0 Å². The Morgan fingerprint density at radius 1 is 1.05 bits per heavy atom. The lowest BCUT2D eigenvalue weighted by Crippen LogP contribution is -2.38. The predicted molar refractivity (Wildman–Crippen MR) is 72.9 cm³/mol. The number of halogens is 1. The smallest absolute Gasteiger partial charge is 0.217 e. The highest BCUT2D eigenvalue weighted by molar-refractivity contribution is 6.31. The molecule has 0 fully saturated rings. The standard InChI is InChI=1S/C14H16ClNO3/c1-8(17)13(9(2)18)14(16-10(3)19)11-6-4-5-7-12(11)15/h4-7,13-14H,1-3H3,(H,16,19). The minimum absolute atomic E-state index is 0.300. The zero-order chi connectivity index (χ0) is 14.6. The summed E-state index contributed by atoms with van der Waals surface area (Å²) in [7, 11) is 0. The number of Topliss-reactive ketones (excluding diaryl/α,β-unsaturated/α-hetero) is 2. The molecule has 0 aliphatic rings. The number of hydrogen-bond acceptors (Lipinski definition) is 3. The Hall–Kier alpha value is -1.68. The first kappa shape index (κ1) is 15.4. The Bertz CT molecular complexity index is 499. The summed E-state index contributed by atoms with van der Waals surface area (Å²) in [6.07, 6.45) is 0. The first-order valence-electron chi connectivity index (χ1n) is 5.87. The lowest BCUT2D eigenvalue weighted by atomic mass is 9.87. The van der Waals surface area contributed by atoms with E-state index in [4.69, 9.17) is 11.6 Å². The molecule has 102 valence electrons. The monoisotopic (exact) mass is 281 g/mol. The fourth-order valence-corrected chi connectivity index (χ4v) is 2.30. The Kier molecular flexibility index (Phi) is 5.24. The van der Waals surface area contributed by atoms with Crippen molar-refractivity contribution >= 4 is 29.1 Å². The van der Waals surface area contributed by atoms with Crippen molar-refractivity contribution in [2.45, 2.75) is 26.8 Å². The van der Waals surface area contributed by atoms with Gasteiger partial charge >= 0.3 is 0 Å². The van der Waals surface area contributed by atoms with Crippen LogP contribution < -0.4 is 5.32 Å². The molecule has 0 saturated heterocycles. The van der Waals surface area contributed by atoms with Crippen LogP contribution in [0, 0.1) is 5.92 Å². The largest absolute Gasteiger partial charge is 0.348 e. The molecular formula is C14H16ClNO3. The maximum absolute atomic E-state index is 11.7. The van der Waals surface area contributed by atoms with Crippen molar-refractivity contribution in [3.63, 3.8) is 0 Å². The van der Waals surface area contributed by atoms with Gasteiger partial charge in [-0.25, -0.2) is 0 Å². The molecule has 0 heterocycles. The first-order valence-corrected chi connectivity index (χ1v) is 6.24. The zero-order valence-corrected chi connectivity index (χ0v) is 11.8. The third-order valence-corrected chi connectivity index (χ3v) is 3.15. The molecule has 19 heavy (non-hydrogen) atoms. The summed E-state index contributed by atoms with van der Waals surface area (Å²) < 4.78 is 0. The Balaban J connectivity index is 3.28. The van der Waals surface area contributed by atoms with Crippen LogP contribution >= 0.6 is 11.6 Å². The van der Waals surface area contributed by atoms with Gasteiger partial charge in [-0.15, -0.1) is 0 Å². The molecule has 0 spiro atoms. The molecule has 1 atom stereocenters. The molecule has 1 rings (SSSR count). The number of amides is 1. The highest BCUT2D eigenvalue weighted by atomic mass is 35.5. The topological polar surface area (TPSA) is 63.2 Å². The molecule has 0 bridgehead atoms. The van der Waals surface area contributed by atoms with Crippen molar-refractivity contribution in [2.75, 3.05) is 0 Å². The molecule has 1 N–H and O–H groups in total. The van der Waals surface area contributed by atoms with Gasteiger partial charge in [0.05, 0.1) is 6.04 Å². The highest BCUT2D eigenvalue weighted by Crippen LogP contribution is 2.29. The second kappa shape index (κ2) is 6.48. The zero-order valence-electron chi connectivity index (χ0n) is 11.1. The van der Waals surface area contributed by atoms with Crippen LogP contribution in [0.25, 0.3) is 0 Å². The number of benzene rings is 1. The van der Waals surface area contributed by atoms with Gasteiger partial charge in [0, 0.05) is 11.9 Å². The Labute approximate surface area is 117 Å². The van der Waals surface area contributed by atoms with Gasteiger partial charge < -0.3 is 5.32 Å². The van der Waals surface area contributed by atoms with E-state index in [1.165, 1.54) is 20.8 Å². The molecule has 0 aliphatic carbocycles. The summed E-state index contributed by atoms with van der Waals surface area (Å²) in [4.78, 5) is 34.7. The average Bonchev–Trinajstić information content (AvgIpc) is 2.27. The van der Waals surface area contributed by atoms with Crippen molar-refractivity contribution < 1.29 is 14.4 Å². The third kappa shape index (κ3) is 3.89. The van der Waals surface area contributed by atoms with Crippen LogP contribution in [0.15, 0.2) is 24.3 Å². The van der Waals surface area contributed by atoms with E-state index in [0.717, 1.165) is 0 Å². The minimum atomic E-state index is -0.927. The summed E-state index contributed by atoms with van der Waals surface area (Å²) >= 11 is 6.08. The van der Waals surface area contributed by atoms with Crippen LogP contribution in [0.2, 0.25) is 5.02 Å². The van der Waals surface area contributed by atoms with Crippen molar-refractivity contribution in [3.8, 4) is 0 Å². The van der Waals surface area contributed by atoms with Crippen molar-refractivity contribution in [1.82, 2.24) is 5.32 Å². The molecule has 1 aromatic carbocycles. The lowest BCUT2D eigenvalue weighted by Gasteiger charge is -2.25. The minimum Gasteiger partial charge on any atom is -0.348 e. The number of hydrogen-bond donors (Lipinski definition) is 1. The van der Waals surface area contributed by atoms with Gasteiger partial charge in [0.1, 0.15) is 17.5 Å². The molecule has 5 heteroatoms. The van der Waals surface area contributed by atoms with Gasteiger partial charge in [-0.05, 0) is 25.5 Å². The molecule has 1 aromatic rings. The van der Waals surface area contributed by atoms with Gasteiger partial charge in [0.2, 0.25) is 5.91 Å². The van der Waals surface area contributed by atoms with E-state index in [1.807, 2.05) is 0 Å². The molecule has 0 saturated carbocycles. The van der Waals surface area contributed by atoms with Gasteiger partial charge in [-0.1, -0.05) is 29.8 Å². The summed E-state index contributed by atoms with van der Waals surface area (Å²) in [5.41, 5.74) is 0.565. The predicted octanol–water partition coefficient (Wildman–Crippen LogP) is 2.31. The summed E-state index contributed by atoms with van der Waals surface area (Å²) in [6.45, 7) is 4.00.